The summed E-state index contributed by atoms with van der Waals surface area (Å²) in [6.07, 6.45) is 8.71. The van der Waals surface area contributed by atoms with Gasteiger partial charge in [0.25, 0.3) is 0 Å². The molecule has 3 heteroatoms. The Balaban J connectivity index is 3.97. The third-order valence-electron chi connectivity index (χ3n) is 3.96. The van der Waals surface area contributed by atoms with Crippen molar-refractivity contribution >= 4 is 5.97 Å². The zero-order valence-electron chi connectivity index (χ0n) is 13.9. The van der Waals surface area contributed by atoms with Crippen LogP contribution in [0.3, 0.4) is 0 Å². The minimum absolute atomic E-state index is 0.0453. The first-order valence-corrected chi connectivity index (χ1v) is 8.21. The fourth-order valence-electron chi connectivity index (χ4n) is 2.46. The van der Waals surface area contributed by atoms with Crippen LogP contribution in [0.5, 0.6) is 0 Å². The molecule has 0 bridgehead atoms. The average Bonchev–Trinajstić information content (AvgIpc) is 2.40. The van der Waals surface area contributed by atoms with E-state index in [1.165, 1.54) is 32.1 Å². The summed E-state index contributed by atoms with van der Waals surface area (Å²) in [7, 11) is 0. The van der Waals surface area contributed by atoms with Gasteiger partial charge in [-0.3, -0.25) is 4.79 Å². The molecule has 0 aromatic rings. The summed E-state index contributed by atoms with van der Waals surface area (Å²) in [5, 5.41) is 9.38. The van der Waals surface area contributed by atoms with E-state index in [2.05, 4.69) is 20.8 Å². The van der Waals surface area contributed by atoms with Gasteiger partial charge in [0.15, 0.2) is 0 Å². The molecule has 0 radical (unpaired) electrons. The molecule has 0 unspecified atom stereocenters. The number of aliphatic hydroxyl groups excluding tert-OH is 1. The number of carbonyl (C=O) groups is 1. The monoisotopic (exact) mass is 286 g/mol. The molecule has 0 aliphatic rings. The molecule has 0 aliphatic carbocycles. The van der Waals surface area contributed by atoms with Crippen LogP contribution in [0.15, 0.2) is 0 Å². The minimum atomic E-state index is -0.188. The predicted octanol–water partition coefficient (Wildman–Crippen LogP) is 4.32. The highest BCUT2D eigenvalue weighted by Crippen LogP contribution is 2.31. The molecule has 0 fully saturated rings. The minimum Gasteiger partial charge on any atom is -0.466 e. The van der Waals surface area contributed by atoms with Crippen LogP contribution in [-0.2, 0) is 9.53 Å². The van der Waals surface area contributed by atoms with Gasteiger partial charge in [-0.2, -0.15) is 0 Å². The molecule has 0 rings (SSSR count). The molecule has 120 valence electrons. The molecule has 0 amide bonds. The second-order valence-electron chi connectivity index (χ2n) is 6.57. The summed E-state index contributed by atoms with van der Waals surface area (Å²) < 4.78 is 4.95. The summed E-state index contributed by atoms with van der Waals surface area (Å²) in [4.78, 5) is 11.4. The van der Waals surface area contributed by atoms with Crippen LogP contribution in [0.2, 0.25) is 0 Å². The first-order valence-electron chi connectivity index (χ1n) is 8.21. The number of esters is 1. The van der Waals surface area contributed by atoms with Crippen molar-refractivity contribution in [2.45, 2.75) is 79.1 Å². The van der Waals surface area contributed by atoms with E-state index in [1.54, 1.807) is 0 Å². The summed E-state index contributed by atoms with van der Waals surface area (Å²) in [5.41, 5.74) is 0.301. The fourth-order valence-corrected chi connectivity index (χ4v) is 2.46. The van der Waals surface area contributed by atoms with E-state index in [9.17, 15) is 9.90 Å². The number of aliphatic hydroxyl groups is 1. The van der Waals surface area contributed by atoms with Gasteiger partial charge in [0, 0.05) is 6.61 Å². The van der Waals surface area contributed by atoms with E-state index in [4.69, 9.17) is 4.74 Å². The summed E-state index contributed by atoms with van der Waals surface area (Å²) in [6, 6.07) is 0. The highest BCUT2D eigenvalue weighted by atomic mass is 16.5. The molecular weight excluding hydrogens is 252 g/mol. The molecule has 0 aromatic carbocycles. The molecule has 0 aromatic heterocycles. The maximum atomic E-state index is 11.4. The standard InChI is InChI=1S/C17H34O3/c1-5-7-8-9-11-17(3,4)12-10-15(14-18)13-16(19)20-6-2/h15,18H,5-14H2,1-4H3/t15-/m1/s1. The van der Waals surface area contributed by atoms with E-state index in [0.717, 1.165) is 12.8 Å². The van der Waals surface area contributed by atoms with Crippen molar-refractivity contribution in [2.75, 3.05) is 13.2 Å². The van der Waals surface area contributed by atoms with Crippen molar-refractivity contribution in [1.29, 1.82) is 0 Å². The molecule has 0 saturated carbocycles. The van der Waals surface area contributed by atoms with Gasteiger partial charge in [-0.1, -0.05) is 46.5 Å². The molecule has 0 saturated heterocycles. The predicted molar refractivity (Wildman–Crippen MR) is 83.6 cm³/mol. The molecule has 20 heavy (non-hydrogen) atoms. The summed E-state index contributed by atoms with van der Waals surface area (Å²) in [6.45, 7) is 9.11. The number of ether oxygens (including phenoxy) is 1. The number of carbonyl (C=O) groups excluding carboxylic acids is 1. The lowest BCUT2D eigenvalue weighted by atomic mass is 9.80. The average molecular weight is 286 g/mol. The highest BCUT2D eigenvalue weighted by molar-refractivity contribution is 5.69. The van der Waals surface area contributed by atoms with Crippen LogP contribution >= 0.6 is 0 Å². The Morgan fingerprint density at radius 2 is 1.85 bits per heavy atom. The Hall–Kier alpha value is -0.570. The summed E-state index contributed by atoms with van der Waals surface area (Å²) in [5.74, 6) is -0.142. The summed E-state index contributed by atoms with van der Waals surface area (Å²) >= 11 is 0. The molecule has 0 aliphatic heterocycles. The van der Waals surface area contributed by atoms with Crippen molar-refractivity contribution in [3.05, 3.63) is 0 Å². The number of hydrogen-bond acceptors (Lipinski definition) is 3. The lowest BCUT2D eigenvalue weighted by molar-refractivity contribution is -0.144. The number of rotatable bonds is 12. The molecular formula is C17H34O3. The zero-order chi connectivity index (χ0) is 15.4. The van der Waals surface area contributed by atoms with Gasteiger partial charge in [-0.05, 0) is 37.5 Å². The lowest BCUT2D eigenvalue weighted by Gasteiger charge is -2.26. The largest absolute Gasteiger partial charge is 0.466 e. The van der Waals surface area contributed by atoms with Gasteiger partial charge in [0.05, 0.1) is 13.0 Å². The molecule has 0 heterocycles. The van der Waals surface area contributed by atoms with Crippen molar-refractivity contribution < 1.29 is 14.6 Å². The Kier molecular flexibility index (Phi) is 10.8. The second kappa shape index (κ2) is 11.1. The van der Waals surface area contributed by atoms with Crippen LogP contribution < -0.4 is 0 Å². The number of hydrogen-bond donors (Lipinski definition) is 1. The maximum absolute atomic E-state index is 11.4. The van der Waals surface area contributed by atoms with Crippen LogP contribution in [-0.4, -0.2) is 24.3 Å². The molecule has 1 atom stereocenters. The van der Waals surface area contributed by atoms with Gasteiger partial charge in [-0.25, -0.2) is 0 Å². The van der Waals surface area contributed by atoms with Crippen LogP contribution in [0.4, 0.5) is 0 Å². The van der Waals surface area contributed by atoms with Gasteiger partial charge in [0.1, 0.15) is 0 Å². The lowest BCUT2D eigenvalue weighted by Crippen LogP contribution is -2.19. The SMILES string of the molecule is CCCCCCC(C)(C)CC[C@@H](CO)CC(=O)OCC. The Morgan fingerprint density at radius 1 is 1.15 bits per heavy atom. The number of unbranched alkanes of at least 4 members (excludes halogenated alkanes) is 3. The van der Waals surface area contributed by atoms with Gasteiger partial charge in [0.2, 0.25) is 0 Å². The van der Waals surface area contributed by atoms with E-state index >= 15 is 0 Å². The van der Waals surface area contributed by atoms with Gasteiger partial charge in [-0.15, -0.1) is 0 Å². The topological polar surface area (TPSA) is 46.5 Å². The normalized spacial score (nSPS) is 13.2. The Bertz CT molecular complexity index is 249. The third kappa shape index (κ3) is 10.2. The second-order valence-corrected chi connectivity index (χ2v) is 6.57. The van der Waals surface area contributed by atoms with E-state index in [1.807, 2.05) is 6.92 Å². The van der Waals surface area contributed by atoms with Crippen molar-refractivity contribution in [2.24, 2.45) is 11.3 Å². The molecule has 1 N–H and O–H groups in total. The maximum Gasteiger partial charge on any atom is 0.306 e. The van der Waals surface area contributed by atoms with E-state index in [0.29, 0.717) is 18.4 Å². The fraction of sp³-hybridized carbons (Fsp3) is 0.941. The highest BCUT2D eigenvalue weighted by Gasteiger charge is 2.21. The van der Waals surface area contributed by atoms with Crippen molar-refractivity contribution in [1.82, 2.24) is 0 Å². The molecule has 3 nitrogen and oxygen atoms in total. The first kappa shape index (κ1) is 19.4. The van der Waals surface area contributed by atoms with Crippen LogP contribution in [0, 0.1) is 11.3 Å². The smallest absolute Gasteiger partial charge is 0.306 e. The quantitative estimate of drug-likeness (QED) is 0.429. The van der Waals surface area contributed by atoms with Crippen molar-refractivity contribution in [3.63, 3.8) is 0 Å². The van der Waals surface area contributed by atoms with E-state index < -0.39 is 0 Å². The van der Waals surface area contributed by atoms with Gasteiger partial charge >= 0.3 is 5.97 Å². The van der Waals surface area contributed by atoms with E-state index in [-0.39, 0.29) is 18.5 Å². The Labute approximate surface area is 125 Å². The van der Waals surface area contributed by atoms with Crippen LogP contribution in [0.25, 0.3) is 0 Å². The molecule has 0 spiro atoms. The van der Waals surface area contributed by atoms with Gasteiger partial charge < -0.3 is 9.84 Å². The van der Waals surface area contributed by atoms with Crippen LogP contribution in [0.1, 0.15) is 79.1 Å². The van der Waals surface area contributed by atoms with Crippen molar-refractivity contribution in [3.8, 4) is 0 Å². The zero-order valence-corrected chi connectivity index (χ0v) is 13.9. The Morgan fingerprint density at radius 3 is 2.40 bits per heavy atom. The third-order valence-corrected chi connectivity index (χ3v) is 3.96. The first-order chi connectivity index (χ1) is 9.45.